The Morgan fingerprint density at radius 1 is 0.340 bits per heavy atom. The van der Waals surface area contributed by atoms with E-state index in [0.717, 1.165) is 17.1 Å². The fourth-order valence-corrected chi connectivity index (χ4v) is 8.71. The Morgan fingerprint density at radius 3 is 1.66 bits per heavy atom. The predicted molar refractivity (Wildman–Crippen MR) is 217 cm³/mol. The van der Waals surface area contributed by atoms with Gasteiger partial charge in [0.2, 0.25) is 0 Å². The normalized spacial score (nSPS) is 11.9. The Kier molecular flexibility index (Phi) is 6.75. The highest BCUT2D eigenvalue weighted by molar-refractivity contribution is 7.25. The minimum Gasteiger partial charge on any atom is -0.310 e. The standard InChI is InChI=1S/C48H31NS/c1-3-9-32(10-4-1)33-17-22-39(23-18-33)49(41-26-28-44-43-13-7-8-14-46(43)50-47(44)31-41)40-24-19-34(20-25-40)38-29-37-16-15-36-21-27-42(45(30-38)48(36)37)35-11-5-2-6-12-35/h1-31H. The maximum Gasteiger partial charge on any atom is 0.0476 e. The summed E-state index contributed by atoms with van der Waals surface area (Å²) < 4.78 is 2.61. The van der Waals surface area contributed by atoms with Gasteiger partial charge in [-0.15, -0.1) is 11.3 Å². The molecule has 0 atom stereocenters. The van der Waals surface area contributed by atoms with Crippen LogP contribution >= 0.6 is 11.3 Å². The highest BCUT2D eigenvalue weighted by atomic mass is 32.1. The first-order valence-electron chi connectivity index (χ1n) is 17.1. The van der Waals surface area contributed by atoms with Crippen LogP contribution in [0.15, 0.2) is 176 Å². The molecule has 0 radical (unpaired) electrons. The van der Waals surface area contributed by atoms with Gasteiger partial charge < -0.3 is 4.90 Å². The van der Waals surface area contributed by atoms with Crippen molar-refractivity contribution >= 4 is 71.5 Å². The van der Waals surface area contributed by atoms with Crippen molar-refractivity contribution in [2.75, 3.05) is 4.90 Å². The molecule has 1 aromatic heterocycles. The van der Waals surface area contributed by atoms with Crippen molar-refractivity contribution in [2.24, 2.45) is 0 Å². The first kappa shape index (κ1) is 28.8. The van der Waals surface area contributed by atoms with Gasteiger partial charge in [-0.1, -0.05) is 133 Å². The van der Waals surface area contributed by atoms with E-state index in [9.17, 15) is 0 Å². The number of anilines is 3. The summed E-state index contributed by atoms with van der Waals surface area (Å²) in [6.45, 7) is 0. The van der Waals surface area contributed by atoms with Crippen molar-refractivity contribution in [3.8, 4) is 33.4 Å². The van der Waals surface area contributed by atoms with Gasteiger partial charge in [0.05, 0.1) is 0 Å². The minimum absolute atomic E-state index is 1.12. The quantitative estimate of drug-likeness (QED) is 0.173. The molecule has 0 spiro atoms. The molecule has 0 saturated heterocycles. The van der Waals surface area contributed by atoms with Crippen LogP contribution in [0.3, 0.4) is 0 Å². The third kappa shape index (κ3) is 4.84. The second kappa shape index (κ2) is 11.7. The molecule has 0 N–H and O–H groups in total. The Balaban J connectivity index is 1.08. The molecule has 0 aliphatic heterocycles. The smallest absolute Gasteiger partial charge is 0.0476 e. The number of hydrogen-bond acceptors (Lipinski definition) is 2. The Hall–Kier alpha value is -6.22. The van der Waals surface area contributed by atoms with Crippen LogP contribution in [0.4, 0.5) is 17.1 Å². The number of fused-ring (bicyclic) bond motifs is 3. The van der Waals surface area contributed by atoms with Gasteiger partial charge in [-0.3, -0.25) is 0 Å². The highest BCUT2D eigenvalue weighted by Crippen LogP contribution is 2.43. The van der Waals surface area contributed by atoms with Gasteiger partial charge in [-0.2, -0.15) is 0 Å². The summed E-state index contributed by atoms with van der Waals surface area (Å²) in [7, 11) is 0. The Morgan fingerprint density at radius 2 is 0.920 bits per heavy atom. The van der Waals surface area contributed by atoms with E-state index >= 15 is 0 Å². The molecule has 2 heteroatoms. The van der Waals surface area contributed by atoms with Crippen LogP contribution in [0.2, 0.25) is 0 Å². The van der Waals surface area contributed by atoms with E-state index in [-0.39, 0.29) is 0 Å². The van der Waals surface area contributed by atoms with Gasteiger partial charge in [0, 0.05) is 37.2 Å². The van der Waals surface area contributed by atoms with E-state index in [1.807, 2.05) is 11.3 Å². The largest absolute Gasteiger partial charge is 0.310 e. The van der Waals surface area contributed by atoms with Crippen molar-refractivity contribution in [1.29, 1.82) is 0 Å². The molecule has 0 bridgehead atoms. The number of benzene rings is 8. The lowest BCUT2D eigenvalue weighted by Crippen LogP contribution is -2.09. The number of thiophene rings is 1. The highest BCUT2D eigenvalue weighted by Gasteiger charge is 2.18. The average molecular weight is 654 g/mol. The van der Waals surface area contributed by atoms with Crippen LogP contribution in [0, 0.1) is 0 Å². The van der Waals surface area contributed by atoms with Crippen LogP contribution in [-0.2, 0) is 0 Å². The SMILES string of the molecule is C1=Cc2cc(-c3ccc(N(c4ccc(-c5ccccc5)cc4)c4ccc5c(c4)sc4ccccc45)cc3)cc3c(-c4ccccc4)ccc1c23. The molecule has 0 amide bonds. The van der Waals surface area contributed by atoms with E-state index < -0.39 is 0 Å². The zero-order valence-corrected chi connectivity index (χ0v) is 28.1. The second-order valence-corrected chi connectivity index (χ2v) is 14.0. The third-order valence-electron chi connectivity index (χ3n) is 10.0. The summed E-state index contributed by atoms with van der Waals surface area (Å²) in [5, 5.41) is 5.26. The van der Waals surface area contributed by atoms with Crippen LogP contribution < -0.4 is 4.90 Å². The van der Waals surface area contributed by atoms with Crippen LogP contribution in [0.25, 0.3) is 76.5 Å². The maximum atomic E-state index is 2.38. The molecule has 1 nitrogen and oxygen atoms in total. The van der Waals surface area contributed by atoms with Crippen LogP contribution in [-0.4, -0.2) is 0 Å². The average Bonchev–Trinajstić information content (AvgIpc) is 3.78. The lowest BCUT2D eigenvalue weighted by Gasteiger charge is -2.26. The van der Waals surface area contributed by atoms with E-state index in [0.29, 0.717) is 0 Å². The summed E-state index contributed by atoms with van der Waals surface area (Å²) in [6.07, 6.45) is 4.50. The molecule has 0 unspecified atom stereocenters. The molecular formula is C48H31NS. The molecule has 1 heterocycles. The van der Waals surface area contributed by atoms with Crippen molar-refractivity contribution in [3.05, 3.63) is 187 Å². The molecule has 234 valence electrons. The number of rotatable bonds is 6. The van der Waals surface area contributed by atoms with Crippen LogP contribution in [0.1, 0.15) is 11.1 Å². The van der Waals surface area contributed by atoms with Gasteiger partial charge in [0.1, 0.15) is 0 Å². The summed E-state index contributed by atoms with van der Waals surface area (Å²) in [6, 6.07) is 64.2. The first-order valence-corrected chi connectivity index (χ1v) is 17.9. The van der Waals surface area contributed by atoms with Gasteiger partial charge in [0.15, 0.2) is 0 Å². The molecule has 10 rings (SSSR count). The Bertz CT molecular complexity index is 2720. The molecule has 8 aromatic carbocycles. The van der Waals surface area contributed by atoms with E-state index in [4.69, 9.17) is 0 Å². The van der Waals surface area contributed by atoms with Crippen molar-refractivity contribution in [2.45, 2.75) is 0 Å². The van der Waals surface area contributed by atoms with Crippen molar-refractivity contribution in [3.63, 3.8) is 0 Å². The molecular weight excluding hydrogens is 623 g/mol. The Labute approximate surface area is 295 Å². The summed E-state index contributed by atoms with van der Waals surface area (Å²) in [4.78, 5) is 2.38. The van der Waals surface area contributed by atoms with Gasteiger partial charge in [-0.05, 0) is 110 Å². The fourth-order valence-electron chi connectivity index (χ4n) is 7.57. The second-order valence-electron chi connectivity index (χ2n) is 13.0. The van der Waals surface area contributed by atoms with Crippen molar-refractivity contribution < 1.29 is 0 Å². The van der Waals surface area contributed by atoms with Crippen LogP contribution in [0.5, 0.6) is 0 Å². The predicted octanol–water partition coefficient (Wildman–Crippen LogP) is 14.2. The van der Waals surface area contributed by atoms with E-state index in [1.54, 1.807) is 0 Å². The van der Waals surface area contributed by atoms with Crippen molar-refractivity contribution in [1.82, 2.24) is 0 Å². The molecule has 1 aliphatic rings. The zero-order valence-electron chi connectivity index (χ0n) is 27.3. The monoisotopic (exact) mass is 653 g/mol. The molecule has 1 aliphatic carbocycles. The molecule has 50 heavy (non-hydrogen) atoms. The molecule has 0 saturated carbocycles. The zero-order chi connectivity index (χ0) is 33.0. The lowest BCUT2D eigenvalue weighted by atomic mass is 9.91. The van der Waals surface area contributed by atoms with Gasteiger partial charge >= 0.3 is 0 Å². The fraction of sp³-hybridized carbons (Fsp3) is 0. The maximum absolute atomic E-state index is 2.38. The summed E-state index contributed by atoms with van der Waals surface area (Å²) >= 11 is 1.86. The molecule has 0 fully saturated rings. The summed E-state index contributed by atoms with van der Waals surface area (Å²) in [5.41, 5.74) is 13.4. The number of nitrogens with zero attached hydrogens (tertiary/aromatic N) is 1. The third-order valence-corrected chi connectivity index (χ3v) is 11.2. The molecule has 9 aromatic rings. The van der Waals surface area contributed by atoms with E-state index in [1.165, 1.54) is 75.5 Å². The topological polar surface area (TPSA) is 3.24 Å². The summed E-state index contributed by atoms with van der Waals surface area (Å²) in [5.74, 6) is 0. The lowest BCUT2D eigenvalue weighted by molar-refractivity contribution is 1.29. The van der Waals surface area contributed by atoms with Gasteiger partial charge in [-0.25, -0.2) is 0 Å². The minimum atomic E-state index is 1.12. The number of hydrogen-bond donors (Lipinski definition) is 0. The first-order chi connectivity index (χ1) is 24.8. The van der Waals surface area contributed by atoms with E-state index in [2.05, 4.69) is 193 Å². The van der Waals surface area contributed by atoms with Gasteiger partial charge in [0.25, 0.3) is 0 Å².